The summed E-state index contributed by atoms with van der Waals surface area (Å²) in [7, 11) is 1.98. The predicted octanol–water partition coefficient (Wildman–Crippen LogP) is 2.89. The molecule has 0 unspecified atom stereocenters. The summed E-state index contributed by atoms with van der Waals surface area (Å²) in [6, 6.07) is 10.2. The minimum atomic E-state index is 0.196. The summed E-state index contributed by atoms with van der Waals surface area (Å²) >= 11 is 0. The molecule has 2 aromatic rings. The summed E-state index contributed by atoms with van der Waals surface area (Å²) in [5.41, 5.74) is 4.79. The van der Waals surface area contributed by atoms with Crippen molar-refractivity contribution in [2.24, 2.45) is 0 Å². The third-order valence-corrected chi connectivity index (χ3v) is 4.04. The molecule has 0 N–H and O–H groups in total. The summed E-state index contributed by atoms with van der Waals surface area (Å²) < 4.78 is 0. The van der Waals surface area contributed by atoms with Gasteiger partial charge in [-0.25, -0.2) is 0 Å². The average Bonchev–Trinajstić information content (AvgIpc) is 2.95. The maximum atomic E-state index is 12.4. The number of benzene rings is 1. The monoisotopic (exact) mass is 280 g/mol. The van der Waals surface area contributed by atoms with Crippen LogP contribution in [0.25, 0.3) is 0 Å². The van der Waals surface area contributed by atoms with Crippen LogP contribution in [0.3, 0.4) is 0 Å². The second-order valence-corrected chi connectivity index (χ2v) is 5.79. The Balaban J connectivity index is 1.63. The lowest BCUT2D eigenvalue weighted by molar-refractivity contribution is 0.0943. The fourth-order valence-corrected chi connectivity index (χ4v) is 2.94. The summed E-state index contributed by atoms with van der Waals surface area (Å²) in [4.78, 5) is 18.4. The van der Waals surface area contributed by atoms with Gasteiger partial charge in [0.15, 0.2) is 5.78 Å². The Hall–Kier alpha value is -2.00. The number of rotatable bonds is 5. The van der Waals surface area contributed by atoms with Crippen molar-refractivity contribution in [3.63, 3.8) is 0 Å². The first-order valence-electron chi connectivity index (χ1n) is 7.45. The van der Waals surface area contributed by atoms with Crippen LogP contribution in [0.15, 0.2) is 42.7 Å². The van der Waals surface area contributed by atoms with Gasteiger partial charge in [-0.05, 0) is 61.2 Å². The van der Waals surface area contributed by atoms with Crippen LogP contribution in [0, 0.1) is 0 Å². The van der Waals surface area contributed by atoms with Gasteiger partial charge in [-0.2, -0.15) is 0 Å². The highest BCUT2D eigenvalue weighted by atomic mass is 16.1. The van der Waals surface area contributed by atoms with Crippen LogP contribution in [0.4, 0.5) is 0 Å². The van der Waals surface area contributed by atoms with E-state index in [2.05, 4.69) is 17.1 Å². The smallest absolute Gasteiger partial charge is 0.176 e. The van der Waals surface area contributed by atoms with E-state index in [0.29, 0.717) is 6.54 Å². The average molecular weight is 280 g/mol. The van der Waals surface area contributed by atoms with Crippen molar-refractivity contribution in [3.05, 3.63) is 65.0 Å². The van der Waals surface area contributed by atoms with Crippen molar-refractivity contribution in [2.45, 2.75) is 25.8 Å². The van der Waals surface area contributed by atoms with E-state index in [1.54, 1.807) is 12.4 Å². The summed E-state index contributed by atoms with van der Waals surface area (Å²) in [5, 5.41) is 0. The zero-order valence-corrected chi connectivity index (χ0v) is 12.4. The molecule has 1 heterocycles. The van der Waals surface area contributed by atoms with Gasteiger partial charge in [-0.1, -0.05) is 12.1 Å². The van der Waals surface area contributed by atoms with Crippen molar-refractivity contribution in [1.29, 1.82) is 0 Å². The molecule has 21 heavy (non-hydrogen) atoms. The maximum Gasteiger partial charge on any atom is 0.176 e. The van der Waals surface area contributed by atoms with Crippen LogP contribution in [-0.2, 0) is 19.4 Å². The minimum absolute atomic E-state index is 0.196. The Morgan fingerprint density at radius 3 is 2.71 bits per heavy atom. The van der Waals surface area contributed by atoms with Crippen LogP contribution in [0.2, 0.25) is 0 Å². The molecule has 0 radical (unpaired) electrons. The van der Waals surface area contributed by atoms with E-state index in [9.17, 15) is 4.79 Å². The summed E-state index contributed by atoms with van der Waals surface area (Å²) in [6.45, 7) is 1.21. The quantitative estimate of drug-likeness (QED) is 0.790. The molecular formula is C18H20N2O. The lowest BCUT2D eigenvalue weighted by atomic mass is 10.0. The molecule has 0 aliphatic heterocycles. The fraction of sp³-hybridized carbons (Fsp3) is 0.333. The van der Waals surface area contributed by atoms with Gasteiger partial charge in [0, 0.05) is 24.5 Å². The van der Waals surface area contributed by atoms with Crippen molar-refractivity contribution in [1.82, 2.24) is 9.88 Å². The van der Waals surface area contributed by atoms with Crippen molar-refractivity contribution < 1.29 is 4.79 Å². The number of pyridine rings is 1. The van der Waals surface area contributed by atoms with E-state index < -0.39 is 0 Å². The van der Waals surface area contributed by atoms with Gasteiger partial charge in [0.05, 0.1) is 6.54 Å². The number of aryl methyl sites for hydroxylation is 2. The molecule has 3 heteroatoms. The molecule has 0 spiro atoms. The number of carbonyl (C=O) groups excluding carboxylic acids is 1. The second kappa shape index (κ2) is 6.19. The van der Waals surface area contributed by atoms with E-state index in [4.69, 9.17) is 0 Å². The lowest BCUT2D eigenvalue weighted by Crippen LogP contribution is -2.25. The van der Waals surface area contributed by atoms with Crippen molar-refractivity contribution >= 4 is 5.78 Å². The molecule has 108 valence electrons. The Morgan fingerprint density at radius 2 is 1.90 bits per heavy atom. The van der Waals surface area contributed by atoms with Crippen LogP contribution < -0.4 is 0 Å². The van der Waals surface area contributed by atoms with Crippen molar-refractivity contribution in [2.75, 3.05) is 13.6 Å². The van der Waals surface area contributed by atoms with E-state index in [1.807, 2.05) is 30.1 Å². The Labute approximate surface area is 125 Å². The van der Waals surface area contributed by atoms with Crippen LogP contribution in [-0.4, -0.2) is 29.3 Å². The highest BCUT2D eigenvalue weighted by Crippen LogP contribution is 2.23. The SMILES string of the molecule is CN(CC(=O)c1ccc2c(c1)CCC2)Cc1ccncc1. The second-order valence-electron chi connectivity index (χ2n) is 5.79. The number of nitrogens with zero attached hydrogens (tertiary/aromatic N) is 2. The van der Waals surface area contributed by atoms with Gasteiger partial charge >= 0.3 is 0 Å². The zero-order chi connectivity index (χ0) is 14.7. The van der Waals surface area contributed by atoms with Gasteiger partial charge in [-0.3, -0.25) is 14.7 Å². The largest absolute Gasteiger partial charge is 0.295 e. The lowest BCUT2D eigenvalue weighted by Gasteiger charge is -2.16. The van der Waals surface area contributed by atoms with Gasteiger partial charge in [0.1, 0.15) is 0 Å². The molecule has 0 atom stereocenters. The normalized spacial score (nSPS) is 13.4. The standard InChI is InChI=1S/C18H20N2O/c1-20(12-14-7-9-19-10-8-14)13-18(21)17-6-5-15-3-2-4-16(15)11-17/h5-11H,2-4,12-13H2,1H3. The van der Waals surface area contributed by atoms with E-state index in [1.165, 1.54) is 23.1 Å². The predicted molar refractivity (Wildman–Crippen MR) is 83.4 cm³/mol. The number of ketones is 1. The number of fused-ring (bicyclic) bond motifs is 1. The van der Waals surface area contributed by atoms with Crippen LogP contribution >= 0.6 is 0 Å². The Kier molecular flexibility index (Phi) is 4.11. The highest BCUT2D eigenvalue weighted by Gasteiger charge is 2.15. The van der Waals surface area contributed by atoms with E-state index in [-0.39, 0.29) is 5.78 Å². The minimum Gasteiger partial charge on any atom is -0.295 e. The molecule has 3 nitrogen and oxygen atoms in total. The number of hydrogen-bond acceptors (Lipinski definition) is 3. The molecular weight excluding hydrogens is 260 g/mol. The number of aromatic nitrogens is 1. The number of hydrogen-bond donors (Lipinski definition) is 0. The zero-order valence-electron chi connectivity index (χ0n) is 12.4. The first-order chi connectivity index (χ1) is 10.2. The maximum absolute atomic E-state index is 12.4. The molecule has 1 aromatic heterocycles. The molecule has 0 saturated heterocycles. The number of carbonyl (C=O) groups is 1. The molecule has 1 aromatic carbocycles. The molecule has 0 amide bonds. The van der Waals surface area contributed by atoms with Gasteiger partial charge in [0.2, 0.25) is 0 Å². The fourth-order valence-electron chi connectivity index (χ4n) is 2.94. The first kappa shape index (κ1) is 14.0. The van der Waals surface area contributed by atoms with Crippen molar-refractivity contribution in [3.8, 4) is 0 Å². The highest BCUT2D eigenvalue weighted by molar-refractivity contribution is 5.97. The molecule has 3 rings (SSSR count). The topological polar surface area (TPSA) is 33.2 Å². The molecule has 0 bridgehead atoms. The van der Waals surface area contributed by atoms with Crippen LogP contribution in [0.1, 0.15) is 33.5 Å². The van der Waals surface area contributed by atoms with Crippen LogP contribution in [0.5, 0.6) is 0 Å². The van der Waals surface area contributed by atoms with E-state index in [0.717, 1.165) is 24.9 Å². The number of Topliss-reactive ketones (excluding diaryl/α,β-unsaturated/α-hetero) is 1. The molecule has 1 aliphatic carbocycles. The Bertz CT molecular complexity index is 637. The third-order valence-electron chi connectivity index (χ3n) is 4.04. The Morgan fingerprint density at radius 1 is 1.14 bits per heavy atom. The third kappa shape index (κ3) is 3.37. The first-order valence-corrected chi connectivity index (χ1v) is 7.45. The molecule has 1 aliphatic rings. The van der Waals surface area contributed by atoms with Gasteiger partial charge in [0.25, 0.3) is 0 Å². The summed E-state index contributed by atoms with van der Waals surface area (Å²) in [6.07, 6.45) is 7.06. The molecule has 0 fully saturated rings. The van der Waals surface area contributed by atoms with Gasteiger partial charge in [-0.15, -0.1) is 0 Å². The summed E-state index contributed by atoms with van der Waals surface area (Å²) in [5.74, 6) is 0.196. The number of likely N-dealkylation sites (N-methyl/N-ethyl adjacent to an activating group) is 1. The van der Waals surface area contributed by atoms with Gasteiger partial charge < -0.3 is 0 Å². The van der Waals surface area contributed by atoms with E-state index >= 15 is 0 Å². The molecule has 0 saturated carbocycles.